The SMILES string of the molecule is Cc1c(NC(=O)CSCc2ccc(Cl)cc2Cl)c(=O)n(-c2ccccc2)n1C. The quantitative estimate of drug-likeness (QED) is 0.612. The lowest BCUT2D eigenvalue weighted by molar-refractivity contribution is -0.113. The Morgan fingerprint density at radius 1 is 1.14 bits per heavy atom. The maximum atomic E-state index is 12.8. The molecule has 0 spiro atoms. The number of rotatable bonds is 6. The molecule has 1 amide bonds. The van der Waals surface area contributed by atoms with Gasteiger partial charge in [0.25, 0.3) is 5.56 Å². The lowest BCUT2D eigenvalue weighted by Crippen LogP contribution is -2.23. The first-order valence-electron chi connectivity index (χ1n) is 8.54. The predicted octanol–water partition coefficient (Wildman–Crippen LogP) is 4.66. The van der Waals surface area contributed by atoms with Gasteiger partial charge in [-0.2, -0.15) is 0 Å². The van der Waals surface area contributed by atoms with Crippen LogP contribution in [0.3, 0.4) is 0 Å². The molecule has 2 aromatic carbocycles. The van der Waals surface area contributed by atoms with E-state index < -0.39 is 0 Å². The van der Waals surface area contributed by atoms with Crippen molar-refractivity contribution in [1.29, 1.82) is 0 Å². The lowest BCUT2D eigenvalue weighted by Gasteiger charge is -2.07. The molecule has 1 N–H and O–H groups in total. The second kappa shape index (κ2) is 8.90. The zero-order valence-electron chi connectivity index (χ0n) is 15.4. The zero-order valence-corrected chi connectivity index (χ0v) is 17.7. The van der Waals surface area contributed by atoms with Crippen LogP contribution in [0.5, 0.6) is 0 Å². The summed E-state index contributed by atoms with van der Waals surface area (Å²) in [5, 5.41) is 3.90. The van der Waals surface area contributed by atoms with Gasteiger partial charge in [-0.15, -0.1) is 11.8 Å². The highest BCUT2D eigenvalue weighted by atomic mass is 35.5. The molecule has 0 atom stereocenters. The van der Waals surface area contributed by atoms with E-state index in [0.29, 0.717) is 27.2 Å². The van der Waals surface area contributed by atoms with E-state index in [4.69, 9.17) is 23.2 Å². The van der Waals surface area contributed by atoms with Crippen molar-refractivity contribution in [2.75, 3.05) is 11.1 Å². The van der Waals surface area contributed by atoms with Gasteiger partial charge in [0.2, 0.25) is 5.91 Å². The zero-order chi connectivity index (χ0) is 20.3. The summed E-state index contributed by atoms with van der Waals surface area (Å²) in [5.74, 6) is 0.546. The van der Waals surface area contributed by atoms with Crippen molar-refractivity contribution in [2.24, 2.45) is 7.05 Å². The summed E-state index contributed by atoms with van der Waals surface area (Å²) >= 11 is 13.5. The normalized spacial score (nSPS) is 10.9. The summed E-state index contributed by atoms with van der Waals surface area (Å²) < 4.78 is 3.26. The van der Waals surface area contributed by atoms with Crippen molar-refractivity contribution in [3.05, 3.63) is 80.2 Å². The average molecular weight is 436 g/mol. The lowest BCUT2D eigenvalue weighted by atomic mass is 10.2. The third kappa shape index (κ3) is 4.46. The molecule has 0 aliphatic rings. The van der Waals surface area contributed by atoms with E-state index in [1.165, 1.54) is 16.4 Å². The van der Waals surface area contributed by atoms with Crippen LogP contribution in [0.2, 0.25) is 10.0 Å². The molecule has 0 saturated heterocycles. The van der Waals surface area contributed by atoms with Crippen LogP contribution in [0.1, 0.15) is 11.3 Å². The van der Waals surface area contributed by atoms with Gasteiger partial charge in [-0.05, 0) is 36.8 Å². The standard InChI is InChI=1S/C20H19Cl2N3O2S/c1-13-19(20(27)25(24(13)2)16-6-4-3-5-7-16)23-18(26)12-28-11-14-8-9-15(21)10-17(14)22/h3-10H,11-12H2,1-2H3,(H,23,26). The molecule has 8 heteroatoms. The van der Waals surface area contributed by atoms with Crippen molar-refractivity contribution in [1.82, 2.24) is 9.36 Å². The second-order valence-electron chi connectivity index (χ2n) is 6.21. The average Bonchev–Trinajstić information content (AvgIpc) is 2.87. The molecule has 146 valence electrons. The number of para-hydroxylation sites is 1. The number of nitrogens with one attached hydrogen (secondary N) is 1. The number of halogens is 2. The van der Waals surface area contributed by atoms with E-state index in [0.717, 1.165) is 11.3 Å². The highest BCUT2D eigenvalue weighted by Gasteiger charge is 2.18. The van der Waals surface area contributed by atoms with Crippen molar-refractivity contribution >= 4 is 46.6 Å². The van der Waals surface area contributed by atoms with Crippen molar-refractivity contribution < 1.29 is 4.79 Å². The van der Waals surface area contributed by atoms with Crippen LogP contribution < -0.4 is 10.9 Å². The Bertz CT molecular complexity index is 1060. The Balaban J connectivity index is 1.68. The van der Waals surface area contributed by atoms with Gasteiger partial charge in [-0.25, -0.2) is 4.68 Å². The fraction of sp³-hybridized carbons (Fsp3) is 0.200. The Labute approximate surface area is 177 Å². The van der Waals surface area contributed by atoms with Crippen LogP contribution in [0.15, 0.2) is 53.3 Å². The summed E-state index contributed by atoms with van der Waals surface area (Å²) in [6.45, 7) is 1.80. The topological polar surface area (TPSA) is 56.0 Å². The van der Waals surface area contributed by atoms with E-state index in [1.54, 1.807) is 30.8 Å². The molecule has 28 heavy (non-hydrogen) atoms. The van der Waals surface area contributed by atoms with E-state index in [-0.39, 0.29) is 17.2 Å². The highest BCUT2D eigenvalue weighted by molar-refractivity contribution is 7.99. The number of hydrogen-bond acceptors (Lipinski definition) is 3. The van der Waals surface area contributed by atoms with Crippen molar-refractivity contribution in [3.63, 3.8) is 0 Å². The molecular formula is C20H19Cl2N3O2S. The third-order valence-corrected chi connectivity index (χ3v) is 5.89. The fourth-order valence-electron chi connectivity index (χ4n) is 2.78. The molecule has 0 unspecified atom stereocenters. The highest BCUT2D eigenvalue weighted by Crippen LogP contribution is 2.24. The largest absolute Gasteiger partial charge is 0.319 e. The molecule has 0 saturated carbocycles. The van der Waals surface area contributed by atoms with Crippen LogP contribution in [0.4, 0.5) is 5.69 Å². The van der Waals surface area contributed by atoms with Gasteiger partial charge in [0.05, 0.1) is 17.1 Å². The molecule has 0 fully saturated rings. The van der Waals surface area contributed by atoms with E-state index in [9.17, 15) is 9.59 Å². The molecule has 5 nitrogen and oxygen atoms in total. The van der Waals surface area contributed by atoms with Gasteiger partial charge in [0.15, 0.2) is 0 Å². The molecule has 0 aliphatic heterocycles. The summed E-state index contributed by atoms with van der Waals surface area (Å²) in [4.78, 5) is 25.2. The van der Waals surface area contributed by atoms with E-state index in [2.05, 4.69) is 5.32 Å². The van der Waals surface area contributed by atoms with Gasteiger partial charge >= 0.3 is 0 Å². The Hall–Kier alpha value is -2.15. The minimum atomic E-state index is -0.259. The minimum Gasteiger partial charge on any atom is -0.319 e. The third-order valence-electron chi connectivity index (χ3n) is 4.32. The first-order valence-corrected chi connectivity index (χ1v) is 10.4. The van der Waals surface area contributed by atoms with Gasteiger partial charge in [0.1, 0.15) is 5.69 Å². The number of anilines is 1. The number of carbonyl (C=O) groups is 1. The van der Waals surface area contributed by atoms with Gasteiger partial charge in [-0.1, -0.05) is 47.5 Å². The van der Waals surface area contributed by atoms with Crippen LogP contribution in [-0.2, 0) is 17.6 Å². The van der Waals surface area contributed by atoms with Gasteiger partial charge in [-0.3, -0.25) is 14.3 Å². The van der Waals surface area contributed by atoms with Crippen LogP contribution in [0.25, 0.3) is 5.69 Å². The smallest absolute Gasteiger partial charge is 0.295 e. The van der Waals surface area contributed by atoms with Crippen LogP contribution in [-0.4, -0.2) is 21.0 Å². The number of hydrogen-bond donors (Lipinski definition) is 1. The van der Waals surface area contributed by atoms with Crippen molar-refractivity contribution in [3.8, 4) is 5.69 Å². The van der Waals surface area contributed by atoms with Gasteiger partial charge < -0.3 is 5.32 Å². The fourth-order valence-corrected chi connectivity index (χ4v) is 4.17. The van der Waals surface area contributed by atoms with Crippen LogP contribution in [0, 0.1) is 6.92 Å². The number of nitrogens with zero attached hydrogens (tertiary/aromatic N) is 2. The molecular weight excluding hydrogens is 417 g/mol. The Kier molecular flexibility index (Phi) is 6.54. The maximum absolute atomic E-state index is 12.8. The number of thioether (sulfide) groups is 1. The number of aromatic nitrogens is 2. The first kappa shape index (κ1) is 20.6. The number of carbonyl (C=O) groups excluding carboxylic acids is 1. The number of benzene rings is 2. The first-order chi connectivity index (χ1) is 13.4. The maximum Gasteiger partial charge on any atom is 0.295 e. The summed E-state index contributed by atoms with van der Waals surface area (Å²) in [5.41, 5.74) is 2.37. The Morgan fingerprint density at radius 2 is 1.86 bits per heavy atom. The Morgan fingerprint density at radius 3 is 2.54 bits per heavy atom. The monoisotopic (exact) mass is 435 g/mol. The molecule has 3 rings (SSSR count). The van der Waals surface area contributed by atoms with E-state index in [1.807, 2.05) is 36.4 Å². The minimum absolute atomic E-state index is 0.206. The summed E-state index contributed by atoms with van der Waals surface area (Å²) in [7, 11) is 1.79. The van der Waals surface area contributed by atoms with Crippen LogP contribution >= 0.6 is 35.0 Å². The molecule has 3 aromatic rings. The predicted molar refractivity (Wildman–Crippen MR) is 117 cm³/mol. The molecule has 0 bridgehead atoms. The van der Waals surface area contributed by atoms with E-state index >= 15 is 0 Å². The van der Waals surface area contributed by atoms with Gasteiger partial charge in [0, 0.05) is 22.8 Å². The molecule has 0 radical (unpaired) electrons. The van der Waals surface area contributed by atoms with Crippen molar-refractivity contribution in [2.45, 2.75) is 12.7 Å². The molecule has 1 heterocycles. The molecule has 0 aliphatic carbocycles. The summed E-state index contributed by atoms with van der Waals surface area (Å²) in [6, 6.07) is 14.6. The number of amides is 1. The molecule has 1 aromatic heterocycles. The summed E-state index contributed by atoms with van der Waals surface area (Å²) in [6.07, 6.45) is 0. The second-order valence-corrected chi connectivity index (χ2v) is 8.04.